The summed E-state index contributed by atoms with van der Waals surface area (Å²) in [6, 6.07) is 16.9. The first-order valence-electron chi connectivity index (χ1n) is 8.30. The van der Waals surface area contributed by atoms with Crippen LogP contribution in [-0.4, -0.2) is 16.8 Å². The van der Waals surface area contributed by atoms with Crippen LogP contribution in [0.15, 0.2) is 85.9 Å². The summed E-state index contributed by atoms with van der Waals surface area (Å²) < 4.78 is 54.5. The molecule has 0 aliphatic heterocycles. The minimum atomic E-state index is -3.94. The van der Waals surface area contributed by atoms with E-state index in [0.29, 0.717) is 5.69 Å². The number of halogens is 1. The van der Waals surface area contributed by atoms with Crippen LogP contribution in [0.4, 0.5) is 5.69 Å². The van der Waals surface area contributed by atoms with E-state index in [1.54, 1.807) is 31.2 Å². The number of aryl methyl sites for hydroxylation is 2. The Bertz CT molecular complexity index is 1240. The molecule has 28 heavy (non-hydrogen) atoms. The van der Waals surface area contributed by atoms with Gasteiger partial charge in [-0.25, -0.2) is 16.8 Å². The van der Waals surface area contributed by atoms with Crippen LogP contribution in [0.5, 0.6) is 0 Å². The van der Waals surface area contributed by atoms with Crippen molar-refractivity contribution >= 4 is 41.5 Å². The smallest absolute Gasteiger partial charge is 0.261 e. The lowest BCUT2D eigenvalue weighted by Gasteiger charge is -2.12. The van der Waals surface area contributed by atoms with E-state index in [1.165, 1.54) is 36.4 Å². The van der Waals surface area contributed by atoms with Gasteiger partial charge in [0.15, 0.2) is 0 Å². The van der Waals surface area contributed by atoms with E-state index in [9.17, 15) is 16.8 Å². The van der Waals surface area contributed by atoms with Crippen molar-refractivity contribution in [3.63, 3.8) is 0 Å². The van der Waals surface area contributed by atoms with Crippen molar-refractivity contribution in [1.82, 2.24) is 0 Å². The summed E-state index contributed by atoms with van der Waals surface area (Å²) >= 11 is 3.27. The van der Waals surface area contributed by atoms with Crippen molar-refractivity contribution in [2.24, 2.45) is 0 Å². The van der Waals surface area contributed by atoms with E-state index in [-0.39, 0.29) is 14.7 Å². The fourth-order valence-electron chi connectivity index (χ4n) is 2.69. The van der Waals surface area contributed by atoms with Crippen molar-refractivity contribution < 1.29 is 16.8 Å². The van der Waals surface area contributed by atoms with Gasteiger partial charge < -0.3 is 0 Å². The topological polar surface area (TPSA) is 80.3 Å². The van der Waals surface area contributed by atoms with Crippen molar-refractivity contribution in [1.29, 1.82) is 0 Å². The molecule has 0 unspecified atom stereocenters. The van der Waals surface area contributed by atoms with Gasteiger partial charge in [-0.2, -0.15) is 0 Å². The Morgan fingerprint density at radius 2 is 1.39 bits per heavy atom. The van der Waals surface area contributed by atoms with Crippen LogP contribution >= 0.6 is 15.9 Å². The molecule has 0 radical (unpaired) electrons. The fourth-order valence-corrected chi connectivity index (χ4v) is 5.51. The summed E-state index contributed by atoms with van der Waals surface area (Å²) in [7, 11) is -7.78. The Balaban J connectivity index is 1.99. The van der Waals surface area contributed by atoms with Gasteiger partial charge in [0, 0.05) is 4.47 Å². The molecule has 0 amide bonds. The second-order valence-electron chi connectivity index (χ2n) is 6.36. The average molecular weight is 480 g/mol. The molecule has 5 nitrogen and oxygen atoms in total. The molecule has 0 saturated heterocycles. The minimum absolute atomic E-state index is 0.0849. The van der Waals surface area contributed by atoms with Gasteiger partial charge in [0.05, 0.1) is 20.4 Å². The minimum Gasteiger partial charge on any atom is -0.279 e. The summed E-state index contributed by atoms with van der Waals surface area (Å²) in [6.45, 7) is 3.72. The van der Waals surface area contributed by atoms with Gasteiger partial charge in [-0.3, -0.25) is 4.72 Å². The van der Waals surface area contributed by atoms with E-state index in [0.717, 1.165) is 15.6 Å². The molecule has 0 fully saturated rings. The molecule has 0 aromatic heterocycles. The third-order valence-corrected chi connectivity index (χ3v) is 7.84. The normalized spacial score (nSPS) is 12.0. The van der Waals surface area contributed by atoms with E-state index in [1.807, 2.05) is 13.0 Å². The molecular weight excluding hydrogens is 462 g/mol. The molecule has 3 aromatic rings. The molecule has 0 saturated carbocycles. The van der Waals surface area contributed by atoms with Crippen LogP contribution in [0, 0.1) is 13.8 Å². The SMILES string of the molecule is Cc1ccc(NS(=O)(=O)c2cccc(S(=O)(=O)c3ccc(Br)cc3)c2)c(C)c1. The maximum atomic E-state index is 12.8. The summed E-state index contributed by atoms with van der Waals surface area (Å²) in [6.07, 6.45) is 0. The first-order valence-corrected chi connectivity index (χ1v) is 12.1. The predicted molar refractivity (Wildman–Crippen MR) is 113 cm³/mol. The maximum Gasteiger partial charge on any atom is 0.261 e. The Morgan fingerprint density at radius 3 is 2.04 bits per heavy atom. The molecule has 0 aliphatic rings. The highest BCUT2D eigenvalue weighted by molar-refractivity contribution is 9.10. The van der Waals surface area contributed by atoms with Crippen molar-refractivity contribution in [2.75, 3.05) is 4.72 Å². The van der Waals surface area contributed by atoms with E-state index < -0.39 is 19.9 Å². The van der Waals surface area contributed by atoms with Gasteiger partial charge >= 0.3 is 0 Å². The summed E-state index contributed by atoms with van der Waals surface area (Å²) in [5.74, 6) is 0. The zero-order valence-corrected chi connectivity index (χ0v) is 18.4. The number of nitrogens with one attached hydrogen (secondary N) is 1. The molecule has 0 bridgehead atoms. The number of hydrogen-bond acceptors (Lipinski definition) is 4. The number of anilines is 1. The molecule has 0 spiro atoms. The van der Waals surface area contributed by atoms with Crippen molar-refractivity contribution in [3.05, 3.63) is 82.3 Å². The Kier molecular flexibility index (Phi) is 5.65. The highest BCUT2D eigenvalue weighted by Gasteiger charge is 2.22. The van der Waals surface area contributed by atoms with Gasteiger partial charge in [0.25, 0.3) is 10.0 Å². The Labute approximate surface area is 173 Å². The lowest BCUT2D eigenvalue weighted by molar-refractivity contribution is 0.595. The van der Waals surface area contributed by atoms with E-state index in [2.05, 4.69) is 20.7 Å². The third kappa shape index (κ3) is 4.29. The van der Waals surface area contributed by atoms with Crippen LogP contribution in [0.25, 0.3) is 0 Å². The number of rotatable bonds is 5. The average Bonchev–Trinajstić information content (AvgIpc) is 2.64. The zero-order chi connectivity index (χ0) is 20.5. The lowest BCUT2D eigenvalue weighted by atomic mass is 10.1. The standard InChI is InChI=1S/C20H18BrNO4S2/c1-14-6-11-20(15(2)12-14)22-28(25,26)19-5-3-4-18(13-19)27(23,24)17-9-7-16(21)8-10-17/h3-13,22H,1-2H3. The predicted octanol–water partition coefficient (Wildman–Crippen LogP) is 4.70. The zero-order valence-electron chi connectivity index (χ0n) is 15.2. The molecule has 3 aromatic carbocycles. The van der Waals surface area contributed by atoms with Gasteiger partial charge in [-0.05, 0) is 67.9 Å². The summed E-state index contributed by atoms with van der Waals surface area (Å²) in [5, 5.41) is 0. The lowest BCUT2D eigenvalue weighted by Crippen LogP contribution is -2.14. The van der Waals surface area contributed by atoms with E-state index in [4.69, 9.17) is 0 Å². The molecule has 0 aliphatic carbocycles. The highest BCUT2D eigenvalue weighted by Crippen LogP contribution is 2.26. The quantitative estimate of drug-likeness (QED) is 0.574. The van der Waals surface area contributed by atoms with Gasteiger partial charge in [-0.1, -0.05) is 39.7 Å². The molecule has 8 heteroatoms. The first kappa shape index (κ1) is 20.6. The van der Waals surface area contributed by atoms with Gasteiger partial charge in [0.2, 0.25) is 9.84 Å². The van der Waals surface area contributed by atoms with Crippen molar-refractivity contribution in [2.45, 2.75) is 28.5 Å². The number of sulfonamides is 1. The third-order valence-electron chi connectivity index (χ3n) is 4.18. The Hall–Kier alpha value is -2.16. The van der Waals surface area contributed by atoms with Gasteiger partial charge in [0.1, 0.15) is 0 Å². The summed E-state index contributed by atoms with van der Waals surface area (Å²) in [5.41, 5.74) is 2.25. The highest BCUT2D eigenvalue weighted by atomic mass is 79.9. The number of benzene rings is 3. The molecule has 1 N–H and O–H groups in total. The summed E-state index contributed by atoms with van der Waals surface area (Å²) in [4.78, 5) is -0.114. The largest absolute Gasteiger partial charge is 0.279 e. The maximum absolute atomic E-state index is 12.8. The van der Waals surface area contributed by atoms with Crippen LogP contribution in [0.2, 0.25) is 0 Å². The van der Waals surface area contributed by atoms with Crippen LogP contribution in [0.3, 0.4) is 0 Å². The van der Waals surface area contributed by atoms with E-state index >= 15 is 0 Å². The number of hydrogen-bond donors (Lipinski definition) is 1. The van der Waals surface area contributed by atoms with Gasteiger partial charge in [-0.15, -0.1) is 0 Å². The molecule has 0 atom stereocenters. The molecule has 3 rings (SSSR count). The van der Waals surface area contributed by atoms with Crippen LogP contribution in [-0.2, 0) is 19.9 Å². The number of sulfone groups is 1. The Morgan fingerprint density at radius 1 is 0.750 bits per heavy atom. The van der Waals surface area contributed by atoms with Crippen molar-refractivity contribution in [3.8, 4) is 0 Å². The fraction of sp³-hybridized carbons (Fsp3) is 0.100. The first-order chi connectivity index (χ1) is 13.1. The second-order valence-corrected chi connectivity index (χ2v) is 10.9. The molecule has 0 heterocycles. The second kappa shape index (κ2) is 7.69. The molecular formula is C20H18BrNO4S2. The monoisotopic (exact) mass is 479 g/mol. The van der Waals surface area contributed by atoms with Crippen LogP contribution in [0.1, 0.15) is 11.1 Å². The van der Waals surface area contributed by atoms with Crippen LogP contribution < -0.4 is 4.72 Å². The molecule has 146 valence electrons.